The molecule has 4 aromatic carbocycles. The van der Waals surface area contributed by atoms with Crippen molar-refractivity contribution in [1.29, 1.82) is 0 Å². The summed E-state index contributed by atoms with van der Waals surface area (Å²) in [7, 11) is 0. The van der Waals surface area contributed by atoms with Crippen molar-refractivity contribution in [2.75, 3.05) is 4.90 Å². The number of hydrogen-bond acceptors (Lipinski definition) is 1. The van der Waals surface area contributed by atoms with Crippen molar-refractivity contribution in [1.82, 2.24) is 0 Å². The van der Waals surface area contributed by atoms with E-state index in [-0.39, 0.29) is 0 Å². The van der Waals surface area contributed by atoms with Crippen LogP contribution in [0.15, 0.2) is 108 Å². The topological polar surface area (TPSA) is 3.24 Å². The van der Waals surface area contributed by atoms with Gasteiger partial charge in [0.05, 0.1) is 11.4 Å². The maximum absolute atomic E-state index is 6.19. The second-order valence-electron chi connectivity index (χ2n) is 6.15. The molecule has 0 spiro atoms. The Morgan fingerprint density at radius 2 is 1.26 bits per heavy atom. The van der Waals surface area contributed by atoms with Crippen molar-refractivity contribution in [3.63, 3.8) is 0 Å². The molecular weight excluding hydrogens is 418 g/mol. The first-order valence-corrected chi connectivity index (χ1v) is 9.86. The van der Waals surface area contributed by atoms with Crippen molar-refractivity contribution in [3.05, 3.63) is 113 Å². The lowest BCUT2D eigenvalue weighted by molar-refractivity contribution is 1.27. The van der Waals surface area contributed by atoms with Gasteiger partial charge in [0.2, 0.25) is 0 Å². The number of benzene rings is 4. The van der Waals surface area contributed by atoms with Crippen LogP contribution in [0.1, 0.15) is 0 Å². The molecule has 0 aliphatic rings. The second kappa shape index (κ2) is 7.99. The minimum atomic E-state index is 0.704. The van der Waals surface area contributed by atoms with Crippen LogP contribution in [0.3, 0.4) is 0 Å². The zero-order chi connectivity index (χ0) is 18.6. The smallest absolute Gasteiger partial charge is 0.0605 e. The fourth-order valence-electron chi connectivity index (χ4n) is 3.18. The van der Waals surface area contributed by atoms with Crippen LogP contribution in [0.25, 0.3) is 11.1 Å². The molecule has 0 saturated heterocycles. The molecule has 132 valence electrons. The van der Waals surface area contributed by atoms with Gasteiger partial charge in [0.25, 0.3) is 0 Å². The van der Waals surface area contributed by atoms with Crippen LogP contribution in [0, 0.1) is 0 Å². The molecule has 0 bridgehead atoms. The minimum absolute atomic E-state index is 0.704. The molecule has 4 aromatic rings. The zero-order valence-electron chi connectivity index (χ0n) is 14.5. The number of rotatable bonds is 4. The molecule has 0 radical (unpaired) electrons. The van der Waals surface area contributed by atoms with Gasteiger partial charge in [-0.15, -0.1) is 0 Å². The summed E-state index contributed by atoms with van der Waals surface area (Å²) < 4.78 is 0.946. The third-order valence-corrected chi connectivity index (χ3v) is 5.27. The predicted octanol–water partition coefficient (Wildman–Crippen LogP) is 8.24. The summed E-state index contributed by atoms with van der Waals surface area (Å²) in [5.74, 6) is 0. The number of anilines is 3. The minimum Gasteiger partial charge on any atom is -0.309 e. The Labute approximate surface area is 173 Å². The SMILES string of the molecule is Clc1ccc(N(c2ccccc2)c2ccccc2-c2ccccc2)c(Br)c1. The van der Waals surface area contributed by atoms with E-state index in [0.717, 1.165) is 21.5 Å². The van der Waals surface area contributed by atoms with Crippen molar-refractivity contribution in [3.8, 4) is 11.1 Å². The van der Waals surface area contributed by atoms with E-state index in [4.69, 9.17) is 11.6 Å². The van der Waals surface area contributed by atoms with Gasteiger partial charge in [0.15, 0.2) is 0 Å². The Morgan fingerprint density at radius 1 is 0.630 bits per heavy atom. The Balaban J connectivity index is 1.96. The Hall–Kier alpha value is -2.55. The van der Waals surface area contributed by atoms with E-state index in [2.05, 4.69) is 93.6 Å². The lowest BCUT2D eigenvalue weighted by Crippen LogP contribution is -2.11. The third kappa shape index (κ3) is 3.78. The number of hydrogen-bond donors (Lipinski definition) is 0. The summed E-state index contributed by atoms with van der Waals surface area (Å²) in [4.78, 5) is 2.25. The molecule has 3 heteroatoms. The zero-order valence-corrected chi connectivity index (χ0v) is 16.9. The molecular formula is C24H17BrClN. The fourth-order valence-corrected chi connectivity index (χ4v) is 4.04. The molecule has 4 rings (SSSR count). The van der Waals surface area contributed by atoms with Crippen LogP contribution < -0.4 is 4.90 Å². The lowest BCUT2D eigenvalue weighted by Gasteiger charge is -2.28. The van der Waals surface area contributed by atoms with Crippen LogP contribution in [0.4, 0.5) is 17.1 Å². The first kappa shape index (κ1) is 17.8. The lowest BCUT2D eigenvalue weighted by atomic mass is 10.0. The second-order valence-corrected chi connectivity index (χ2v) is 7.44. The summed E-state index contributed by atoms with van der Waals surface area (Å²) in [6, 6.07) is 35.2. The number of nitrogens with zero attached hydrogens (tertiary/aromatic N) is 1. The van der Waals surface area contributed by atoms with Crippen LogP contribution in [-0.2, 0) is 0 Å². The van der Waals surface area contributed by atoms with Crippen LogP contribution in [0.2, 0.25) is 5.02 Å². The quantitative estimate of drug-likeness (QED) is 0.312. The van der Waals surface area contributed by atoms with Gasteiger partial charge in [-0.2, -0.15) is 0 Å². The van der Waals surface area contributed by atoms with Gasteiger partial charge in [-0.3, -0.25) is 0 Å². The van der Waals surface area contributed by atoms with E-state index in [1.807, 2.05) is 30.3 Å². The first-order valence-electron chi connectivity index (χ1n) is 8.69. The van der Waals surface area contributed by atoms with E-state index in [0.29, 0.717) is 5.02 Å². The van der Waals surface area contributed by atoms with Crippen LogP contribution in [-0.4, -0.2) is 0 Å². The highest BCUT2D eigenvalue weighted by atomic mass is 79.9. The van der Waals surface area contributed by atoms with Crippen molar-refractivity contribution >= 4 is 44.6 Å². The fraction of sp³-hybridized carbons (Fsp3) is 0. The van der Waals surface area contributed by atoms with Gasteiger partial charge < -0.3 is 4.90 Å². The normalized spacial score (nSPS) is 10.6. The summed E-state index contributed by atoms with van der Waals surface area (Å²) >= 11 is 9.89. The molecule has 1 nitrogen and oxygen atoms in total. The van der Waals surface area contributed by atoms with Crippen molar-refractivity contribution < 1.29 is 0 Å². The monoisotopic (exact) mass is 433 g/mol. The average Bonchev–Trinajstić information content (AvgIpc) is 2.72. The summed E-state index contributed by atoms with van der Waals surface area (Å²) in [6.07, 6.45) is 0. The molecule has 0 saturated carbocycles. The maximum Gasteiger partial charge on any atom is 0.0605 e. The van der Waals surface area contributed by atoms with Crippen LogP contribution in [0.5, 0.6) is 0 Å². The van der Waals surface area contributed by atoms with Gasteiger partial charge >= 0.3 is 0 Å². The van der Waals surface area contributed by atoms with Crippen molar-refractivity contribution in [2.24, 2.45) is 0 Å². The van der Waals surface area contributed by atoms with Gasteiger partial charge in [0.1, 0.15) is 0 Å². The van der Waals surface area contributed by atoms with Crippen LogP contribution >= 0.6 is 27.5 Å². The van der Waals surface area contributed by atoms with Crippen molar-refractivity contribution in [2.45, 2.75) is 0 Å². The summed E-state index contributed by atoms with van der Waals surface area (Å²) in [5, 5.41) is 0.704. The van der Waals surface area contributed by atoms with Gasteiger partial charge in [-0.1, -0.05) is 78.3 Å². The molecule has 0 heterocycles. The standard InChI is InChI=1S/C24H17BrClN/c25-22-17-19(26)15-16-24(22)27(20-11-5-2-6-12-20)23-14-8-7-13-21(23)18-9-3-1-4-10-18/h1-17H. The largest absolute Gasteiger partial charge is 0.309 e. The van der Waals surface area contributed by atoms with Gasteiger partial charge in [0, 0.05) is 20.7 Å². The Morgan fingerprint density at radius 3 is 1.96 bits per heavy atom. The molecule has 0 N–H and O–H groups in total. The number of halogens is 2. The Kier molecular flexibility index (Phi) is 5.28. The summed E-state index contributed by atoms with van der Waals surface area (Å²) in [5.41, 5.74) is 5.58. The van der Waals surface area contributed by atoms with Gasteiger partial charge in [-0.05, 0) is 57.9 Å². The Bertz CT molecular complexity index is 1050. The first-order chi connectivity index (χ1) is 13.2. The molecule has 0 aliphatic heterocycles. The highest BCUT2D eigenvalue weighted by molar-refractivity contribution is 9.10. The molecule has 0 fully saturated rings. The van der Waals surface area contributed by atoms with E-state index >= 15 is 0 Å². The molecule has 0 unspecified atom stereocenters. The highest BCUT2D eigenvalue weighted by Gasteiger charge is 2.18. The molecule has 27 heavy (non-hydrogen) atoms. The molecule has 0 amide bonds. The van der Waals surface area contributed by atoms with E-state index in [1.165, 1.54) is 11.1 Å². The third-order valence-electron chi connectivity index (χ3n) is 4.39. The van der Waals surface area contributed by atoms with E-state index in [9.17, 15) is 0 Å². The molecule has 0 atom stereocenters. The molecule has 0 aromatic heterocycles. The predicted molar refractivity (Wildman–Crippen MR) is 119 cm³/mol. The average molecular weight is 435 g/mol. The molecule has 0 aliphatic carbocycles. The maximum atomic E-state index is 6.19. The number of para-hydroxylation sites is 2. The van der Waals surface area contributed by atoms with E-state index in [1.54, 1.807) is 0 Å². The van der Waals surface area contributed by atoms with Gasteiger partial charge in [-0.25, -0.2) is 0 Å². The summed E-state index contributed by atoms with van der Waals surface area (Å²) in [6.45, 7) is 0. The highest BCUT2D eigenvalue weighted by Crippen LogP contribution is 2.43. The van der Waals surface area contributed by atoms with E-state index < -0.39 is 0 Å².